The second-order valence-corrected chi connectivity index (χ2v) is 11.2. The Bertz CT molecular complexity index is 1180. The van der Waals surface area contributed by atoms with Crippen LogP contribution in [0.3, 0.4) is 0 Å². The molecule has 1 saturated carbocycles. The monoisotopic (exact) mass is 533 g/mol. The second kappa shape index (κ2) is 13.7. The first-order valence-corrected chi connectivity index (χ1v) is 14.3. The summed E-state index contributed by atoms with van der Waals surface area (Å²) in [5.41, 5.74) is 2.75. The molecule has 0 bridgehead atoms. The zero-order chi connectivity index (χ0) is 26.9. The first kappa shape index (κ1) is 28.0. The van der Waals surface area contributed by atoms with Crippen molar-refractivity contribution in [3.63, 3.8) is 0 Å². The third-order valence-electron chi connectivity index (χ3n) is 7.50. The fourth-order valence-corrected chi connectivity index (χ4v) is 5.42. The number of rotatable bonds is 11. The second-order valence-electron chi connectivity index (χ2n) is 10.8. The van der Waals surface area contributed by atoms with Crippen LogP contribution in [-0.4, -0.2) is 45.3 Å². The van der Waals surface area contributed by atoms with Gasteiger partial charge in [0.05, 0.1) is 6.54 Å². The SMILES string of the molecule is CC(C)CCN(CC(=O)N(Cc1cccn1Cc1ccccc1Cl)C1CCCCC1)C(=O)c1ccccc1. The Labute approximate surface area is 232 Å². The molecule has 202 valence electrons. The summed E-state index contributed by atoms with van der Waals surface area (Å²) < 4.78 is 2.18. The van der Waals surface area contributed by atoms with Gasteiger partial charge in [-0.05, 0) is 61.1 Å². The third-order valence-corrected chi connectivity index (χ3v) is 7.87. The van der Waals surface area contributed by atoms with Crippen molar-refractivity contribution in [3.8, 4) is 0 Å². The van der Waals surface area contributed by atoms with Crippen molar-refractivity contribution in [2.45, 2.75) is 71.5 Å². The van der Waals surface area contributed by atoms with E-state index in [0.717, 1.165) is 48.4 Å². The van der Waals surface area contributed by atoms with Gasteiger partial charge in [-0.2, -0.15) is 0 Å². The minimum Gasteiger partial charge on any atom is -0.345 e. The Balaban J connectivity index is 1.55. The molecular weight excluding hydrogens is 494 g/mol. The van der Waals surface area contributed by atoms with E-state index in [0.29, 0.717) is 31.1 Å². The lowest BCUT2D eigenvalue weighted by atomic mass is 9.94. The van der Waals surface area contributed by atoms with E-state index in [4.69, 9.17) is 11.6 Å². The van der Waals surface area contributed by atoms with Gasteiger partial charge in [-0.1, -0.05) is 81.1 Å². The van der Waals surface area contributed by atoms with Crippen LogP contribution >= 0.6 is 11.6 Å². The summed E-state index contributed by atoms with van der Waals surface area (Å²) >= 11 is 6.45. The predicted octanol–water partition coefficient (Wildman–Crippen LogP) is 7.04. The molecule has 1 fully saturated rings. The Hall–Kier alpha value is -3.05. The van der Waals surface area contributed by atoms with Gasteiger partial charge >= 0.3 is 0 Å². The van der Waals surface area contributed by atoms with E-state index in [9.17, 15) is 9.59 Å². The number of hydrogen-bond donors (Lipinski definition) is 0. The normalized spacial score (nSPS) is 14.0. The van der Waals surface area contributed by atoms with Crippen molar-refractivity contribution in [2.75, 3.05) is 13.1 Å². The van der Waals surface area contributed by atoms with Gasteiger partial charge in [-0.3, -0.25) is 9.59 Å². The van der Waals surface area contributed by atoms with Crippen molar-refractivity contribution < 1.29 is 9.59 Å². The van der Waals surface area contributed by atoms with Crippen molar-refractivity contribution in [2.24, 2.45) is 5.92 Å². The summed E-state index contributed by atoms with van der Waals surface area (Å²) in [7, 11) is 0. The van der Waals surface area contributed by atoms with Crippen LogP contribution in [-0.2, 0) is 17.9 Å². The van der Waals surface area contributed by atoms with Crippen LogP contribution in [0.5, 0.6) is 0 Å². The van der Waals surface area contributed by atoms with E-state index in [1.807, 2.05) is 65.6 Å². The molecule has 2 aromatic carbocycles. The standard InChI is InChI=1S/C32H40ClN3O2/c1-25(2)19-21-35(32(38)26-12-5-3-6-13-26)24-31(37)36(28-15-7-4-8-16-28)23-29-17-11-20-34(29)22-27-14-9-10-18-30(27)33/h3,5-6,9-14,17-18,20,25,28H,4,7-8,15-16,19,21-24H2,1-2H3. The first-order valence-electron chi connectivity index (χ1n) is 13.9. The summed E-state index contributed by atoms with van der Waals surface area (Å²) in [6.07, 6.45) is 8.41. The van der Waals surface area contributed by atoms with Crippen LogP contribution in [0, 0.1) is 5.92 Å². The molecule has 0 radical (unpaired) electrons. The summed E-state index contributed by atoms with van der Waals surface area (Å²) in [6.45, 7) is 6.14. The highest BCUT2D eigenvalue weighted by Crippen LogP contribution is 2.26. The van der Waals surface area contributed by atoms with E-state index in [2.05, 4.69) is 30.7 Å². The van der Waals surface area contributed by atoms with Crippen LogP contribution < -0.4 is 0 Å². The average molecular weight is 534 g/mol. The smallest absolute Gasteiger partial charge is 0.254 e. The van der Waals surface area contributed by atoms with Gasteiger partial charge in [-0.15, -0.1) is 0 Å². The molecule has 5 nitrogen and oxygen atoms in total. The fraction of sp³-hybridized carbons (Fsp3) is 0.438. The van der Waals surface area contributed by atoms with Crippen LogP contribution in [0.25, 0.3) is 0 Å². The molecule has 0 N–H and O–H groups in total. The lowest BCUT2D eigenvalue weighted by Crippen LogP contribution is -2.48. The number of nitrogens with zero attached hydrogens (tertiary/aromatic N) is 3. The van der Waals surface area contributed by atoms with E-state index >= 15 is 0 Å². The van der Waals surface area contributed by atoms with Gasteiger partial charge in [0.25, 0.3) is 5.91 Å². The minimum absolute atomic E-state index is 0.0235. The highest BCUT2D eigenvalue weighted by molar-refractivity contribution is 6.31. The molecule has 1 aliphatic carbocycles. The highest BCUT2D eigenvalue weighted by atomic mass is 35.5. The van der Waals surface area contributed by atoms with Gasteiger partial charge in [-0.25, -0.2) is 0 Å². The maximum absolute atomic E-state index is 14.0. The van der Waals surface area contributed by atoms with E-state index < -0.39 is 0 Å². The molecule has 1 aromatic heterocycles. The van der Waals surface area contributed by atoms with Crippen LogP contribution in [0.15, 0.2) is 72.9 Å². The first-order chi connectivity index (χ1) is 18.4. The highest BCUT2D eigenvalue weighted by Gasteiger charge is 2.29. The van der Waals surface area contributed by atoms with E-state index in [1.165, 1.54) is 6.42 Å². The third kappa shape index (κ3) is 7.50. The predicted molar refractivity (Wildman–Crippen MR) is 154 cm³/mol. The van der Waals surface area contributed by atoms with E-state index in [1.54, 1.807) is 4.90 Å². The summed E-state index contributed by atoms with van der Waals surface area (Å²) in [5.74, 6) is 0.388. The van der Waals surface area contributed by atoms with Crippen molar-refractivity contribution >= 4 is 23.4 Å². The molecule has 1 aliphatic rings. The number of aromatic nitrogens is 1. The molecule has 4 rings (SSSR count). The van der Waals surface area contributed by atoms with Crippen LogP contribution in [0.4, 0.5) is 0 Å². The number of amides is 2. The molecule has 2 amide bonds. The number of halogens is 1. The van der Waals surface area contributed by atoms with Crippen LogP contribution in [0.2, 0.25) is 5.02 Å². The maximum atomic E-state index is 14.0. The fourth-order valence-electron chi connectivity index (χ4n) is 5.23. The van der Waals surface area contributed by atoms with Crippen molar-refractivity contribution in [1.82, 2.24) is 14.4 Å². The number of carbonyl (C=O) groups is 2. The zero-order valence-corrected chi connectivity index (χ0v) is 23.4. The number of hydrogen-bond acceptors (Lipinski definition) is 2. The number of carbonyl (C=O) groups excluding carboxylic acids is 2. The zero-order valence-electron chi connectivity index (χ0n) is 22.7. The topological polar surface area (TPSA) is 45.6 Å². The molecule has 0 spiro atoms. The van der Waals surface area contributed by atoms with Crippen molar-refractivity contribution in [3.05, 3.63) is 94.8 Å². The average Bonchev–Trinajstić information content (AvgIpc) is 3.37. The van der Waals surface area contributed by atoms with Crippen LogP contribution in [0.1, 0.15) is 74.0 Å². The Kier molecular flexibility index (Phi) is 10.1. The Morgan fingerprint density at radius 2 is 1.66 bits per heavy atom. The molecule has 6 heteroatoms. The Morgan fingerprint density at radius 3 is 2.37 bits per heavy atom. The lowest BCUT2D eigenvalue weighted by molar-refractivity contribution is -0.135. The molecule has 3 aromatic rings. The molecule has 0 atom stereocenters. The van der Waals surface area contributed by atoms with Crippen molar-refractivity contribution in [1.29, 1.82) is 0 Å². The molecule has 0 saturated heterocycles. The summed E-state index contributed by atoms with van der Waals surface area (Å²) in [5, 5.41) is 0.743. The summed E-state index contributed by atoms with van der Waals surface area (Å²) in [6, 6.07) is 21.5. The minimum atomic E-state index is -0.0784. The van der Waals surface area contributed by atoms with E-state index in [-0.39, 0.29) is 24.4 Å². The quantitative estimate of drug-likeness (QED) is 0.265. The van der Waals surface area contributed by atoms with Gasteiger partial charge in [0.15, 0.2) is 0 Å². The molecule has 0 aliphatic heterocycles. The van der Waals surface area contributed by atoms with Gasteiger partial charge < -0.3 is 14.4 Å². The Morgan fingerprint density at radius 1 is 0.947 bits per heavy atom. The number of benzene rings is 2. The molecule has 1 heterocycles. The maximum Gasteiger partial charge on any atom is 0.254 e. The largest absolute Gasteiger partial charge is 0.345 e. The van der Waals surface area contributed by atoms with Gasteiger partial charge in [0.1, 0.15) is 6.54 Å². The van der Waals surface area contributed by atoms with Gasteiger partial charge in [0.2, 0.25) is 5.91 Å². The molecular formula is C32H40ClN3O2. The molecule has 0 unspecified atom stereocenters. The summed E-state index contributed by atoms with van der Waals surface area (Å²) in [4.78, 5) is 31.2. The van der Waals surface area contributed by atoms with Gasteiger partial charge in [0, 0.05) is 41.6 Å². The lowest BCUT2D eigenvalue weighted by Gasteiger charge is -2.36. The molecule has 38 heavy (non-hydrogen) atoms.